The fourth-order valence-electron chi connectivity index (χ4n) is 1.49. The summed E-state index contributed by atoms with van der Waals surface area (Å²) in [6.45, 7) is 1.65. The second kappa shape index (κ2) is 8.73. The second-order valence-electron chi connectivity index (χ2n) is 4.19. The van der Waals surface area contributed by atoms with E-state index in [2.05, 4.69) is 4.72 Å². The molecule has 21 heavy (non-hydrogen) atoms. The molecule has 0 fully saturated rings. The van der Waals surface area contributed by atoms with Gasteiger partial charge in [-0.25, -0.2) is 17.9 Å². The Morgan fingerprint density at radius 2 is 1.86 bits per heavy atom. The number of ether oxygens (including phenoxy) is 2. The average Bonchev–Trinajstić information content (AvgIpc) is 2.46. The Balaban J connectivity index is 2.41. The molecule has 1 aromatic rings. The van der Waals surface area contributed by atoms with Crippen molar-refractivity contribution in [1.82, 2.24) is 4.72 Å². The maximum Gasteiger partial charge on any atom is 0.335 e. The quantitative estimate of drug-likeness (QED) is 0.616. The first-order chi connectivity index (χ1) is 9.97. The van der Waals surface area contributed by atoms with Gasteiger partial charge in [-0.1, -0.05) is 0 Å². The van der Waals surface area contributed by atoms with Gasteiger partial charge in [0.25, 0.3) is 0 Å². The molecule has 0 aromatic heterocycles. The third-order valence-electron chi connectivity index (χ3n) is 2.60. The lowest BCUT2D eigenvalue weighted by Gasteiger charge is -2.07. The fraction of sp³-hybridized carbons (Fsp3) is 0.462. The molecular weight excluding hydrogens is 298 g/mol. The number of hydrogen-bond donors (Lipinski definition) is 2. The van der Waals surface area contributed by atoms with Gasteiger partial charge in [0.2, 0.25) is 10.0 Å². The van der Waals surface area contributed by atoms with Crippen LogP contribution in [0.25, 0.3) is 0 Å². The molecule has 0 spiro atoms. The standard InChI is InChI=1S/C13H19NO6S/c1-19-9-10-20-8-2-7-14-21(17,18)12-5-3-11(4-6-12)13(15)16/h3-6,14H,2,7-10H2,1H3,(H,15,16). The van der Waals surface area contributed by atoms with Gasteiger partial charge in [0, 0.05) is 20.3 Å². The van der Waals surface area contributed by atoms with E-state index in [9.17, 15) is 13.2 Å². The molecule has 0 radical (unpaired) electrons. The van der Waals surface area contributed by atoms with Crippen molar-refractivity contribution in [2.24, 2.45) is 0 Å². The SMILES string of the molecule is COCCOCCCNS(=O)(=O)c1ccc(C(=O)O)cc1. The van der Waals surface area contributed by atoms with Crippen LogP contribution in [0.15, 0.2) is 29.2 Å². The number of sulfonamides is 1. The van der Waals surface area contributed by atoms with Gasteiger partial charge in [-0.2, -0.15) is 0 Å². The van der Waals surface area contributed by atoms with Crippen molar-refractivity contribution in [2.45, 2.75) is 11.3 Å². The van der Waals surface area contributed by atoms with Crippen LogP contribution in [0.3, 0.4) is 0 Å². The maximum atomic E-state index is 11.9. The third-order valence-corrected chi connectivity index (χ3v) is 4.08. The summed E-state index contributed by atoms with van der Waals surface area (Å²) in [5, 5.41) is 8.75. The molecule has 1 rings (SSSR count). The molecule has 0 heterocycles. The number of rotatable bonds is 10. The molecule has 0 saturated carbocycles. The zero-order valence-corrected chi connectivity index (χ0v) is 12.6. The third kappa shape index (κ3) is 6.21. The highest BCUT2D eigenvalue weighted by Gasteiger charge is 2.13. The van der Waals surface area contributed by atoms with Crippen LogP contribution in [0.4, 0.5) is 0 Å². The molecule has 8 heteroatoms. The van der Waals surface area contributed by atoms with Crippen molar-refractivity contribution in [3.05, 3.63) is 29.8 Å². The molecule has 0 aliphatic heterocycles. The van der Waals surface area contributed by atoms with Gasteiger partial charge < -0.3 is 14.6 Å². The van der Waals surface area contributed by atoms with Crippen molar-refractivity contribution in [3.63, 3.8) is 0 Å². The Morgan fingerprint density at radius 3 is 2.43 bits per heavy atom. The number of carboxylic acid groups (broad SMARTS) is 1. The summed E-state index contributed by atoms with van der Waals surface area (Å²) in [5.41, 5.74) is 0.0421. The van der Waals surface area contributed by atoms with E-state index in [1.54, 1.807) is 7.11 Å². The van der Waals surface area contributed by atoms with Crippen LogP contribution in [0.1, 0.15) is 16.8 Å². The lowest BCUT2D eigenvalue weighted by atomic mass is 10.2. The molecule has 7 nitrogen and oxygen atoms in total. The number of methoxy groups -OCH3 is 1. The maximum absolute atomic E-state index is 11.9. The van der Waals surface area contributed by atoms with E-state index < -0.39 is 16.0 Å². The van der Waals surface area contributed by atoms with Crippen molar-refractivity contribution >= 4 is 16.0 Å². The Kier molecular flexibility index (Phi) is 7.30. The Morgan fingerprint density at radius 1 is 1.19 bits per heavy atom. The molecule has 118 valence electrons. The molecule has 1 aromatic carbocycles. The van der Waals surface area contributed by atoms with E-state index in [1.807, 2.05) is 0 Å². The van der Waals surface area contributed by atoms with Crippen molar-refractivity contribution in [1.29, 1.82) is 0 Å². The van der Waals surface area contributed by atoms with E-state index >= 15 is 0 Å². The van der Waals surface area contributed by atoms with E-state index in [-0.39, 0.29) is 17.0 Å². The predicted molar refractivity (Wildman–Crippen MR) is 75.9 cm³/mol. The summed E-state index contributed by atoms with van der Waals surface area (Å²) >= 11 is 0. The van der Waals surface area contributed by atoms with Crippen LogP contribution >= 0.6 is 0 Å². The lowest BCUT2D eigenvalue weighted by molar-refractivity contribution is 0.0696. The lowest BCUT2D eigenvalue weighted by Crippen LogP contribution is -2.25. The highest BCUT2D eigenvalue weighted by molar-refractivity contribution is 7.89. The van der Waals surface area contributed by atoms with Crippen molar-refractivity contribution < 1.29 is 27.8 Å². The molecule has 2 N–H and O–H groups in total. The van der Waals surface area contributed by atoms with Crippen LogP contribution in [-0.4, -0.2) is 53.0 Å². The summed E-state index contributed by atoms with van der Waals surface area (Å²) in [4.78, 5) is 10.7. The number of hydrogen-bond acceptors (Lipinski definition) is 5. The summed E-state index contributed by atoms with van der Waals surface area (Å²) in [6, 6.07) is 5.04. The molecule has 0 saturated heterocycles. The molecule has 0 aliphatic rings. The van der Waals surface area contributed by atoms with Crippen LogP contribution in [0.2, 0.25) is 0 Å². The Labute approximate surface area is 123 Å². The Bertz CT molecular complexity index is 540. The van der Waals surface area contributed by atoms with E-state index in [0.717, 1.165) is 0 Å². The average molecular weight is 317 g/mol. The number of carboxylic acids is 1. The fourth-order valence-corrected chi connectivity index (χ4v) is 2.56. The molecule has 0 amide bonds. The number of benzene rings is 1. The van der Waals surface area contributed by atoms with Gasteiger partial charge in [0.05, 0.1) is 23.7 Å². The number of nitrogens with one attached hydrogen (secondary N) is 1. The highest BCUT2D eigenvalue weighted by Crippen LogP contribution is 2.10. The van der Waals surface area contributed by atoms with Gasteiger partial charge >= 0.3 is 5.97 Å². The van der Waals surface area contributed by atoms with Crippen molar-refractivity contribution in [2.75, 3.05) is 33.5 Å². The first-order valence-electron chi connectivity index (χ1n) is 6.37. The predicted octanol–water partition coefficient (Wildman–Crippen LogP) is 0.716. The number of aromatic carboxylic acids is 1. The molecular formula is C13H19NO6S. The normalized spacial score (nSPS) is 11.5. The Hall–Kier alpha value is -1.48. The summed E-state index contributed by atoms with van der Waals surface area (Å²) < 4.78 is 36.3. The van der Waals surface area contributed by atoms with Crippen molar-refractivity contribution in [3.8, 4) is 0 Å². The summed E-state index contributed by atoms with van der Waals surface area (Å²) in [7, 11) is -2.05. The van der Waals surface area contributed by atoms with E-state index in [1.165, 1.54) is 24.3 Å². The zero-order valence-electron chi connectivity index (χ0n) is 11.7. The van der Waals surface area contributed by atoms with E-state index in [4.69, 9.17) is 14.6 Å². The van der Waals surface area contributed by atoms with Crippen LogP contribution in [-0.2, 0) is 19.5 Å². The first kappa shape index (κ1) is 17.6. The monoisotopic (exact) mass is 317 g/mol. The van der Waals surface area contributed by atoms with Crippen LogP contribution < -0.4 is 4.72 Å². The minimum Gasteiger partial charge on any atom is -0.478 e. The first-order valence-corrected chi connectivity index (χ1v) is 7.85. The van der Waals surface area contributed by atoms with Gasteiger partial charge in [0.15, 0.2) is 0 Å². The molecule has 0 bridgehead atoms. The summed E-state index contributed by atoms with van der Waals surface area (Å²) in [6.07, 6.45) is 0.538. The largest absolute Gasteiger partial charge is 0.478 e. The van der Waals surface area contributed by atoms with Gasteiger partial charge in [-0.3, -0.25) is 0 Å². The van der Waals surface area contributed by atoms with E-state index in [0.29, 0.717) is 26.2 Å². The van der Waals surface area contributed by atoms with Gasteiger partial charge in [0.1, 0.15) is 0 Å². The highest BCUT2D eigenvalue weighted by atomic mass is 32.2. The summed E-state index contributed by atoms with van der Waals surface area (Å²) in [5.74, 6) is -1.10. The van der Waals surface area contributed by atoms with Crippen LogP contribution in [0, 0.1) is 0 Å². The number of carbonyl (C=O) groups is 1. The zero-order chi connectivity index (χ0) is 15.7. The minimum atomic E-state index is -3.62. The minimum absolute atomic E-state index is 0.0350. The topological polar surface area (TPSA) is 102 Å². The molecule has 0 unspecified atom stereocenters. The molecule has 0 atom stereocenters. The van der Waals surface area contributed by atoms with Gasteiger partial charge in [-0.15, -0.1) is 0 Å². The van der Waals surface area contributed by atoms with Crippen LogP contribution in [0.5, 0.6) is 0 Å². The smallest absolute Gasteiger partial charge is 0.335 e. The van der Waals surface area contributed by atoms with Gasteiger partial charge in [-0.05, 0) is 30.7 Å². The molecule has 0 aliphatic carbocycles. The second-order valence-corrected chi connectivity index (χ2v) is 5.95.